The highest BCUT2D eigenvalue weighted by molar-refractivity contribution is 7.10. The maximum absolute atomic E-state index is 11.4. The third kappa shape index (κ3) is 7.18. The van der Waals surface area contributed by atoms with Crippen molar-refractivity contribution in [3.8, 4) is 0 Å². The molecule has 0 radical (unpaired) electrons. The number of hydrogen-bond acceptors (Lipinski definition) is 4. The first kappa shape index (κ1) is 16.0. The maximum atomic E-state index is 11.4. The third-order valence-corrected chi connectivity index (χ3v) is 3.50. The van der Waals surface area contributed by atoms with Crippen LogP contribution in [0.25, 0.3) is 0 Å². The lowest BCUT2D eigenvalue weighted by molar-refractivity contribution is 0.0527. The smallest absolute Gasteiger partial charge is 0.407 e. The van der Waals surface area contributed by atoms with E-state index < -0.39 is 5.60 Å². The zero-order valence-corrected chi connectivity index (χ0v) is 13.0. The monoisotopic (exact) mass is 284 g/mol. The van der Waals surface area contributed by atoms with Crippen LogP contribution in [0.4, 0.5) is 4.79 Å². The van der Waals surface area contributed by atoms with Crippen LogP contribution < -0.4 is 10.6 Å². The average molecular weight is 284 g/mol. The highest BCUT2D eigenvalue weighted by atomic mass is 32.1. The Morgan fingerprint density at radius 1 is 1.42 bits per heavy atom. The lowest BCUT2D eigenvalue weighted by Crippen LogP contribution is -2.34. The lowest BCUT2D eigenvalue weighted by Gasteiger charge is -2.19. The van der Waals surface area contributed by atoms with Gasteiger partial charge in [0, 0.05) is 17.5 Å². The van der Waals surface area contributed by atoms with Gasteiger partial charge in [-0.1, -0.05) is 6.07 Å². The Kier molecular flexibility index (Phi) is 6.31. The molecule has 19 heavy (non-hydrogen) atoms. The summed E-state index contributed by atoms with van der Waals surface area (Å²) in [5.41, 5.74) is -0.435. The van der Waals surface area contributed by atoms with E-state index in [-0.39, 0.29) is 6.09 Å². The van der Waals surface area contributed by atoms with Crippen LogP contribution in [0.1, 0.15) is 45.0 Å². The van der Waals surface area contributed by atoms with E-state index in [1.807, 2.05) is 20.8 Å². The van der Waals surface area contributed by atoms with Crippen LogP contribution in [-0.4, -0.2) is 24.8 Å². The van der Waals surface area contributed by atoms with Crippen molar-refractivity contribution in [3.05, 3.63) is 22.4 Å². The first-order valence-electron chi connectivity index (χ1n) is 6.62. The second-order valence-electron chi connectivity index (χ2n) is 5.47. The van der Waals surface area contributed by atoms with Crippen LogP contribution >= 0.6 is 11.3 Å². The maximum Gasteiger partial charge on any atom is 0.407 e. The second-order valence-corrected chi connectivity index (χ2v) is 6.45. The van der Waals surface area contributed by atoms with Gasteiger partial charge < -0.3 is 15.4 Å². The van der Waals surface area contributed by atoms with Gasteiger partial charge in [0.05, 0.1) is 0 Å². The zero-order chi connectivity index (χ0) is 14.3. The number of alkyl carbamates (subject to hydrolysis) is 1. The summed E-state index contributed by atoms with van der Waals surface area (Å²) in [6.07, 6.45) is 0.536. The quantitative estimate of drug-likeness (QED) is 0.788. The molecule has 0 aliphatic rings. The molecule has 1 atom stereocenters. The summed E-state index contributed by atoms with van der Waals surface area (Å²) in [5.74, 6) is 0. The van der Waals surface area contributed by atoms with E-state index in [2.05, 4.69) is 35.1 Å². The van der Waals surface area contributed by atoms with Crippen molar-refractivity contribution >= 4 is 17.4 Å². The predicted octanol–water partition coefficient (Wildman–Crippen LogP) is 3.31. The summed E-state index contributed by atoms with van der Waals surface area (Å²) < 4.78 is 5.16. The van der Waals surface area contributed by atoms with Crippen molar-refractivity contribution in [2.75, 3.05) is 13.1 Å². The molecular weight excluding hydrogens is 260 g/mol. The fourth-order valence-corrected chi connectivity index (χ4v) is 2.31. The Labute approximate surface area is 119 Å². The van der Waals surface area contributed by atoms with E-state index in [9.17, 15) is 4.79 Å². The number of rotatable bonds is 6. The van der Waals surface area contributed by atoms with Gasteiger partial charge in [0.25, 0.3) is 0 Å². The molecular formula is C14H24N2O2S. The second kappa shape index (κ2) is 7.50. The molecule has 4 nitrogen and oxygen atoms in total. The van der Waals surface area contributed by atoms with Crippen molar-refractivity contribution in [2.24, 2.45) is 0 Å². The highest BCUT2D eigenvalue weighted by Gasteiger charge is 2.15. The zero-order valence-electron chi connectivity index (χ0n) is 12.2. The molecule has 1 rings (SSSR count). The van der Waals surface area contributed by atoms with E-state index in [1.54, 1.807) is 11.3 Å². The molecule has 2 N–H and O–H groups in total. The Balaban J connectivity index is 2.07. The summed E-state index contributed by atoms with van der Waals surface area (Å²) in [7, 11) is 0. The van der Waals surface area contributed by atoms with Gasteiger partial charge in [-0.15, -0.1) is 11.3 Å². The van der Waals surface area contributed by atoms with E-state index in [1.165, 1.54) is 4.88 Å². The molecule has 5 heteroatoms. The van der Waals surface area contributed by atoms with Crippen molar-refractivity contribution < 1.29 is 9.53 Å². The van der Waals surface area contributed by atoms with Gasteiger partial charge in [-0.05, 0) is 52.1 Å². The Bertz CT molecular complexity index is 371. The van der Waals surface area contributed by atoms with Crippen LogP contribution in [-0.2, 0) is 4.74 Å². The molecule has 0 spiro atoms. The van der Waals surface area contributed by atoms with Crippen molar-refractivity contribution in [2.45, 2.75) is 45.8 Å². The van der Waals surface area contributed by atoms with Crippen LogP contribution in [0.15, 0.2) is 17.5 Å². The van der Waals surface area contributed by atoms with Gasteiger partial charge in [-0.2, -0.15) is 0 Å². The first-order chi connectivity index (χ1) is 8.88. The van der Waals surface area contributed by atoms with Gasteiger partial charge >= 0.3 is 6.09 Å². The number of carbonyl (C=O) groups is 1. The summed E-state index contributed by atoms with van der Waals surface area (Å²) in [6.45, 7) is 9.21. The summed E-state index contributed by atoms with van der Waals surface area (Å²) >= 11 is 1.75. The van der Waals surface area contributed by atoms with Crippen LogP contribution in [0.2, 0.25) is 0 Å². The predicted molar refractivity (Wildman–Crippen MR) is 79.6 cm³/mol. The van der Waals surface area contributed by atoms with E-state index in [4.69, 9.17) is 4.74 Å². The van der Waals surface area contributed by atoms with Crippen LogP contribution in [0.5, 0.6) is 0 Å². The fourth-order valence-electron chi connectivity index (χ4n) is 1.55. The Hall–Kier alpha value is -1.07. The van der Waals surface area contributed by atoms with Crippen molar-refractivity contribution in [1.29, 1.82) is 0 Å². The van der Waals surface area contributed by atoms with Crippen molar-refractivity contribution in [3.63, 3.8) is 0 Å². The molecule has 0 aliphatic carbocycles. The Morgan fingerprint density at radius 2 is 2.16 bits per heavy atom. The first-order valence-corrected chi connectivity index (χ1v) is 7.50. The summed E-state index contributed by atoms with van der Waals surface area (Å²) in [4.78, 5) is 12.7. The minimum Gasteiger partial charge on any atom is -0.444 e. The molecule has 0 bridgehead atoms. The highest BCUT2D eigenvalue weighted by Crippen LogP contribution is 2.17. The minimum absolute atomic E-state index is 0.348. The standard InChI is InChI=1S/C14H24N2O2S/c1-11(12-7-5-10-19-12)15-8-6-9-16-13(17)18-14(2,3)4/h5,7,10-11,15H,6,8-9H2,1-4H3,(H,16,17). The number of hydrogen-bond donors (Lipinski definition) is 2. The van der Waals surface area contributed by atoms with Gasteiger partial charge in [-0.3, -0.25) is 0 Å². The minimum atomic E-state index is -0.435. The van der Waals surface area contributed by atoms with Gasteiger partial charge in [-0.25, -0.2) is 4.79 Å². The largest absolute Gasteiger partial charge is 0.444 e. The van der Waals surface area contributed by atoms with E-state index >= 15 is 0 Å². The molecule has 108 valence electrons. The number of thiophene rings is 1. The van der Waals surface area contributed by atoms with Gasteiger partial charge in [0.2, 0.25) is 0 Å². The number of carbonyl (C=O) groups excluding carboxylic acids is 1. The molecule has 0 saturated heterocycles. The van der Waals surface area contributed by atoms with Crippen LogP contribution in [0, 0.1) is 0 Å². The van der Waals surface area contributed by atoms with E-state index in [0.29, 0.717) is 12.6 Å². The molecule has 0 aromatic carbocycles. The molecule has 1 aromatic heterocycles. The Morgan fingerprint density at radius 3 is 2.74 bits per heavy atom. The number of nitrogens with one attached hydrogen (secondary N) is 2. The van der Waals surface area contributed by atoms with E-state index in [0.717, 1.165) is 13.0 Å². The fraction of sp³-hybridized carbons (Fsp3) is 0.643. The molecule has 1 unspecified atom stereocenters. The average Bonchev–Trinajstić information content (AvgIpc) is 2.79. The summed E-state index contributed by atoms with van der Waals surface area (Å²) in [6, 6.07) is 4.55. The van der Waals surface area contributed by atoms with Gasteiger partial charge in [0.15, 0.2) is 0 Å². The molecule has 0 aliphatic heterocycles. The number of amides is 1. The van der Waals surface area contributed by atoms with Crippen molar-refractivity contribution in [1.82, 2.24) is 10.6 Å². The molecule has 1 heterocycles. The lowest BCUT2D eigenvalue weighted by atomic mass is 10.2. The topological polar surface area (TPSA) is 50.4 Å². The summed E-state index contributed by atoms with van der Waals surface area (Å²) in [5, 5.41) is 8.26. The van der Waals surface area contributed by atoms with Gasteiger partial charge in [0.1, 0.15) is 5.60 Å². The SMILES string of the molecule is CC(NCCCNC(=O)OC(C)(C)C)c1cccs1. The van der Waals surface area contributed by atoms with Crippen LogP contribution in [0.3, 0.4) is 0 Å². The molecule has 0 saturated carbocycles. The molecule has 1 aromatic rings. The third-order valence-electron chi connectivity index (χ3n) is 2.44. The molecule has 1 amide bonds. The number of ether oxygens (including phenoxy) is 1. The normalized spacial score (nSPS) is 13.1. The molecule has 0 fully saturated rings.